The van der Waals surface area contributed by atoms with Crippen LogP contribution in [0.25, 0.3) is 20.5 Å². The molecule has 1 aromatic heterocycles. The van der Waals surface area contributed by atoms with Crippen LogP contribution < -0.4 is 5.32 Å². The Morgan fingerprint density at radius 1 is 1.44 bits per heavy atom. The molecular weight excluding hydrogens is 248 g/mol. The number of benzene rings is 1. The first kappa shape index (κ1) is 12.4. The first-order valence-electron chi connectivity index (χ1n) is 5.59. The number of carbonyl (C=O) groups excluding carboxylic acids is 1. The number of carbonyl (C=O) groups is 1. The van der Waals surface area contributed by atoms with Crippen molar-refractivity contribution in [3.8, 4) is 0 Å². The molecular formula is C12H12N4OS. The highest BCUT2D eigenvalue weighted by atomic mass is 32.1. The van der Waals surface area contributed by atoms with E-state index >= 15 is 0 Å². The van der Waals surface area contributed by atoms with Crippen LogP contribution in [0.15, 0.2) is 35.4 Å². The van der Waals surface area contributed by atoms with E-state index < -0.39 is 0 Å². The zero-order valence-electron chi connectivity index (χ0n) is 9.67. The highest BCUT2D eigenvalue weighted by Gasteiger charge is 2.08. The van der Waals surface area contributed by atoms with Gasteiger partial charge in [-0.1, -0.05) is 23.3 Å². The van der Waals surface area contributed by atoms with E-state index in [2.05, 4.69) is 15.3 Å². The maximum absolute atomic E-state index is 11.8. The molecule has 1 heterocycles. The van der Waals surface area contributed by atoms with Crippen LogP contribution in [0.5, 0.6) is 0 Å². The average Bonchev–Trinajstić information content (AvgIpc) is 2.82. The zero-order chi connectivity index (χ0) is 12.8. The Morgan fingerprint density at radius 2 is 2.28 bits per heavy atom. The lowest BCUT2D eigenvalue weighted by molar-refractivity contribution is 0.0957. The summed E-state index contributed by atoms with van der Waals surface area (Å²) in [5.74, 6) is -0.0721. The maximum Gasteiger partial charge on any atom is 0.261 e. The van der Waals surface area contributed by atoms with E-state index in [0.29, 0.717) is 24.4 Å². The van der Waals surface area contributed by atoms with Gasteiger partial charge in [0.1, 0.15) is 0 Å². The lowest BCUT2D eigenvalue weighted by atomic mass is 10.2. The second-order valence-corrected chi connectivity index (χ2v) is 4.80. The fourth-order valence-corrected chi connectivity index (χ4v) is 2.56. The van der Waals surface area contributed by atoms with Gasteiger partial charge in [0.15, 0.2) is 0 Å². The summed E-state index contributed by atoms with van der Waals surface area (Å²) in [6, 6.07) is 9.79. The smallest absolute Gasteiger partial charge is 0.261 e. The molecule has 0 saturated heterocycles. The Balaban J connectivity index is 1.94. The molecule has 0 atom stereocenters. The Morgan fingerprint density at radius 3 is 3.06 bits per heavy atom. The lowest BCUT2D eigenvalue weighted by Gasteiger charge is -2.00. The van der Waals surface area contributed by atoms with Gasteiger partial charge in [0.05, 0.1) is 4.88 Å². The molecule has 2 aromatic rings. The van der Waals surface area contributed by atoms with Gasteiger partial charge in [0.25, 0.3) is 5.91 Å². The number of amides is 1. The number of nitrogens with zero attached hydrogens (tertiary/aromatic N) is 3. The second-order valence-electron chi connectivity index (χ2n) is 3.71. The Hall–Kier alpha value is -2.04. The van der Waals surface area contributed by atoms with E-state index in [1.54, 1.807) is 0 Å². The van der Waals surface area contributed by atoms with Gasteiger partial charge in [-0.05, 0) is 29.5 Å². The third-order valence-electron chi connectivity index (χ3n) is 2.43. The van der Waals surface area contributed by atoms with Crippen LogP contribution in [0, 0.1) is 0 Å². The molecule has 6 heteroatoms. The predicted molar refractivity (Wildman–Crippen MR) is 72.8 cm³/mol. The van der Waals surface area contributed by atoms with Crippen LogP contribution in [0.3, 0.4) is 0 Å². The SMILES string of the molecule is [N-]=[N+]=NCCCNC(=O)c1cc2ccccc2s1. The van der Waals surface area contributed by atoms with E-state index in [1.165, 1.54) is 11.3 Å². The molecule has 0 radical (unpaired) electrons. The van der Waals surface area contributed by atoms with E-state index in [-0.39, 0.29) is 5.91 Å². The standard InChI is InChI=1S/C12H12N4OS/c13-16-15-7-3-6-14-12(17)11-8-9-4-1-2-5-10(9)18-11/h1-2,4-5,8H,3,6-7H2,(H,14,17). The number of thiophene rings is 1. The summed E-state index contributed by atoms with van der Waals surface area (Å²) in [7, 11) is 0. The van der Waals surface area contributed by atoms with E-state index in [4.69, 9.17) is 5.53 Å². The highest BCUT2D eigenvalue weighted by molar-refractivity contribution is 7.20. The number of nitrogens with one attached hydrogen (secondary N) is 1. The number of fused-ring (bicyclic) bond motifs is 1. The Labute approximate surface area is 108 Å². The molecule has 1 N–H and O–H groups in total. The fourth-order valence-electron chi connectivity index (χ4n) is 1.58. The summed E-state index contributed by atoms with van der Waals surface area (Å²) in [6.07, 6.45) is 0.653. The van der Waals surface area contributed by atoms with Crippen molar-refractivity contribution >= 4 is 27.3 Å². The summed E-state index contributed by atoms with van der Waals surface area (Å²) >= 11 is 1.48. The Kier molecular flexibility index (Phi) is 4.17. The minimum absolute atomic E-state index is 0.0721. The van der Waals surface area contributed by atoms with Crippen LogP contribution >= 0.6 is 11.3 Å². The van der Waals surface area contributed by atoms with Crippen molar-refractivity contribution in [3.63, 3.8) is 0 Å². The lowest BCUT2D eigenvalue weighted by Crippen LogP contribution is -2.23. The summed E-state index contributed by atoms with van der Waals surface area (Å²) in [5.41, 5.74) is 8.11. The molecule has 92 valence electrons. The van der Waals surface area contributed by atoms with Crippen molar-refractivity contribution in [1.82, 2.24) is 5.32 Å². The van der Waals surface area contributed by atoms with Gasteiger partial charge in [-0.15, -0.1) is 11.3 Å². The van der Waals surface area contributed by atoms with Crippen molar-refractivity contribution in [2.24, 2.45) is 5.11 Å². The van der Waals surface area contributed by atoms with E-state index in [1.807, 2.05) is 30.3 Å². The van der Waals surface area contributed by atoms with E-state index in [9.17, 15) is 4.79 Å². The van der Waals surface area contributed by atoms with Gasteiger partial charge in [-0.25, -0.2) is 0 Å². The van der Waals surface area contributed by atoms with Crippen LogP contribution in [0.1, 0.15) is 16.1 Å². The molecule has 5 nitrogen and oxygen atoms in total. The van der Waals surface area contributed by atoms with Crippen LogP contribution in [0.2, 0.25) is 0 Å². The normalized spacial score (nSPS) is 10.0. The minimum atomic E-state index is -0.0721. The number of azide groups is 1. The third kappa shape index (κ3) is 3.00. The van der Waals surface area contributed by atoms with Crippen LogP contribution in [-0.4, -0.2) is 19.0 Å². The maximum atomic E-state index is 11.8. The van der Waals surface area contributed by atoms with Gasteiger partial charge in [-0.2, -0.15) is 0 Å². The third-order valence-corrected chi connectivity index (χ3v) is 3.55. The second kappa shape index (κ2) is 6.05. The molecule has 0 aliphatic carbocycles. The summed E-state index contributed by atoms with van der Waals surface area (Å²) < 4.78 is 1.11. The highest BCUT2D eigenvalue weighted by Crippen LogP contribution is 2.24. The van der Waals surface area contributed by atoms with Crippen LogP contribution in [-0.2, 0) is 0 Å². The predicted octanol–water partition coefficient (Wildman–Crippen LogP) is 3.33. The molecule has 1 amide bonds. The molecule has 0 aliphatic rings. The van der Waals surface area contributed by atoms with Crippen molar-refractivity contribution in [2.45, 2.75) is 6.42 Å². The molecule has 0 saturated carbocycles. The van der Waals surface area contributed by atoms with Gasteiger partial charge < -0.3 is 5.32 Å². The summed E-state index contributed by atoms with van der Waals surface area (Å²) in [5, 5.41) is 7.30. The Bertz CT molecular complexity index is 568. The average molecular weight is 260 g/mol. The van der Waals surface area contributed by atoms with Crippen LogP contribution in [0.4, 0.5) is 0 Å². The number of hydrogen-bond acceptors (Lipinski definition) is 3. The van der Waals surface area contributed by atoms with Crippen molar-refractivity contribution in [2.75, 3.05) is 13.1 Å². The minimum Gasteiger partial charge on any atom is -0.351 e. The molecule has 2 rings (SSSR count). The zero-order valence-corrected chi connectivity index (χ0v) is 10.5. The first-order valence-corrected chi connectivity index (χ1v) is 6.40. The molecule has 0 spiro atoms. The number of hydrogen-bond donors (Lipinski definition) is 1. The van der Waals surface area contributed by atoms with Gasteiger partial charge >= 0.3 is 0 Å². The first-order chi connectivity index (χ1) is 8.81. The summed E-state index contributed by atoms with van der Waals surface area (Å²) in [6.45, 7) is 0.926. The quantitative estimate of drug-likeness (QED) is 0.380. The van der Waals surface area contributed by atoms with Crippen molar-refractivity contribution in [1.29, 1.82) is 0 Å². The van der Waals surface area contributed by atoms with Crippen molar-refractivity contribution in [3.05, 3.63) is 45.7 Å². The van der Waals surface area contributed by atoms with Gasteiger partial charge in [-0.3, -0.25) is 4.79 Å². The topological polar surface area (TPSA) is 77.9 Å². The van der Waals surface area contributed by atoms with E-state index in [0.717, 1.165) is 10.1 Å². The molecule has 0 unspecified atom stereocenters. The largest absolute Gasteiger partial charge is 0.351 e. The molecule has 0 fully saturated rings. The van der Waals surface area contributed by atoms with Crippen molar-refractivity contribution < 1.29 is 4.79 Å². The van der Waals surface area contributed by atoms with Gasteiger partial charge in [0.2, 0.25) is 0 Å². The monoisotopic (exact) mass is 260 g/mol. The number of rotatable bonds is 5. The molecule has 0 bridgehead atoms. The fraction of sp³-hybridized carbons (Fsp3) is 0.250. The van der Waals surface area contributed by atoms with Gasteiger partial charge in [0, 0.05) is 22.7 Å². The molecule has 1 aromatic carbocycles. The molecule has 0 aliphatic heterocycles. The summed E-state index contributed by atoms with van der Waals surface area (Å²) in [4.78, 5) is 15.2. The molecule has 18 heavy (non-hydrogen) atoms.